The molecule has 6 nitrogen and oxygen atoms in total. The lowest BCUT2D eigenvalue weighted by Crippen LogP contribution is -2.35. The number of hydrogen-bond acceptors (Lipinski definition) is 5. The molecule has 0 radical (unpaired) electrons. The maximum absolute atomic E-state index is 12.7. The van der Waals surface area contributed by atoms with E-state index in [4.69, 9.17) is 9.47 Å². The molecule has 2 aromatic carbocycles. The van der Waals surface area contributed by atoms with Crippen molar-refractivity contribution in [3.05, 3.63) is 64.7 Å². The van der Waals surface area contributed by atoms with Crippen molar-refractivity contribution in [2.75, 3.05) is 20.7 Å². The van der Waals surface area contributed by atoms with E-state index < -0.39 is 6.10 Å². The molecule has 0 aliphatic rings. The Morgan fingerprint density at radius 3 is 2.50 bits per heavy atom. The molecule has 0 aromatic heterocycles. The van der Waals surface area contributed by atoms with E-state index in [9.17, 15) is 14.9 Å². The van der Waals surface area contributed by atoms with Crippen LogP contribution in [0.15, 0.2) is 48.0 Å². The van der Waals surface area contributed by atoms with E-state index in [-0.39, 0.29) is 17.3 Å². The molecule has 30 heavy (non-hydrogen) atoms. The fraction of sp³-hybridized carbons (Fsp3) is 0.292. The molecule has 0 N–H and O–H groups in total. The molecule has 0 bridgehead atoms. The second-order valence-electron chi connectivity index (χ2n) is 7.00. The zero-order valence-corrected chi connectivity index (χ0v) is 17.9. The topological polar surface area (TPSA) is 79.6 Å². The molecule has 1 amide bonds. The Kier molecular flexibility index (Phi) is 7.76. The lowest BCUT2D eigenvalue weighted by Gasteiger charge is -2.20. The van der Waals surface area contributed by atoms with Gasteiger partial charge in [-0.2, -0.15) is 5.26 Å². The lowest BCUT2D eigenvalue weighted by atomic mass is 10.0. The van der Waals surface area contributed by atoms with Crippen molar-refractivity contribution < 1.29 is 19.1 Å². The number of ether oxygens (including phenoxy) is 2. The number of allylic oxidation sites excluding steroid dienone is 1. The molecular formula is C24H26N2O4. The highest BCUT2D eigenvalue weighted by molar-refractivity contribution is 6.14. The van der Waals surface area contributed by atoms with Crippen LogP contribution in [0.2, 0.25) is 0 Å². The Hall–Kier alpha value is -3.59. The van der Waals surface area contributed by atoms with E-state index in [0.29, 0.717) is 29.2 Å². The Morgan fingerprint density at radius 2 is 1.90 bits per heavy atom. The maximum atomic E-state index is 12.7. The van der Waals surface area contributed by atoms with Crippen LogP contribution in [0.1, 0.15) is 35.3 Å². The summed E-state index contributed by atoms with van der Waals surface area (Å²) >= 11 is 0. The molecule has 0 heterocycles. The molecule has 0 aliphatic heterocycles. The molecule has 0 unspecified atom stereocenters. The molecule has 0 aliphatic carbocycles. The second kappa shape index (κ2) is 10.3. The molecule has 6 heteroatoms. The van der Waals surface area contributed by atoms with E-state index >= 15 is 0 Å². The van der Waals surface area contributed by atoms with Gasteiger partial charge in [-0.1, -0.05) is 29.8 Å². The summed E-state index contributed by atoms with van der Waals surface area (Å²) in [6.07, 6.45) is 0.837. The molecule has 2 rings (SSSR count). The first-order valence-electron chi connectivity index (χ1n) is 9.64. The average molecular weight is 406 g/mol. The number of nitrogens with zero attached hydrogens (tertiary/aromatic N) is 2. The van der Waals surface area contributed by atoms with Crippen molar-refractivity contribution in [1.82, 2.24) is 4.90 Å². The van der Waals surface area contributed by atoms with Gasteiger partial charge < -0.3 is 14.4 Å². The van der Waals surface area contributed by atoms with Gasteiger partial charge in [0.05, 0.1) is 6.61 Å². The first-order chi connectivity index (χ1) is 14.3. The number of hydrogen-bond donors (Lipinski definition) is 0. The Balaban J connectivity index is 2.34. The average Bonchev–Trinajstić information content (AvgIpc) is 2.72. The van der Waals surface area contributed by atoms with E-state index in [1.807, 2.05) is 26.0 Å². The third kappa shape index (κ3) is 5.71. The number of Topliss-reactive ketones (excluding diaryl/α,β-unsaturated/α-hetero) is 1. The van der Waals surface area contributed by atoms with Gasteiger partial charge in [0.2, 0.25) is 5.78 Å². The van der Waals surface area contributed by atoms with Crippen molar-refractivity contribution >= 4 is 17.8 Å². The Bertz CT molecular complexity index is 1000. The van der Waals surface area contributed by atoms with E-state index in [1.54, 1.807) is 57.4 Å². The number of nitriles is 1. The van der Waals surface area contributed by atoms with Crippen LogP contribution in [0.3, 0.4) is 0 Å². The highest BCUT2D eigenvalue weighted by Crippen LogP contribution is 2.30. The summed E-state index contributed by atoms with van der Waals surface area (Å²) in [6, 6.07) is 14.2. The second-order valence-corrected chi connectivity index (χ2v) is 7.00. The quantitative estimate of drug-likeness (QED) is 0.376. The minimum Gasteiger partial charge on any atom is -0.490 e. The number of likely N-dealkylation sites (N-methyl/N-ethyl adjacent to an activating group) is 1. The van der Waals surface area contributed by atoms with Crippen LogP contribution >= 0.6 is 0 Å². The number of aryl methyl sites for hydroxylation is 1. The smallest absolute Gasteiger partial charge is 0.262 e. The van der Waals surface area contributed by atoms with Gasteiger partial charge in [-0.15, -0.1) is 0 Å². The van der Waals surface area contributed by atoms with Crippen LogP contribution in [0, 0.1) is 18.3 Å². The number of amides is 1. The monoisotopic (exact) mass is 406 g/mol. The summed E-state index contributed by atoms with van der Waals surface area (Å²) < 4.78 is 11.4. The summed E-state index contributed by atoms with van der Waals surface area (Å²) in [5, 5.41) is 9.51. The minimum atomic E-state index is -0.682. The first kappa shape index (κ1) is 22.7. The van der Waals surface area contributed by atoms with Gasteiger partial charge >= 0.3 is 0 Å². The third-order valence-corrected chi connectivity index (χ3v) is 4.32. The zero-order chi connectivity index (χ0) is 22.3. The molecule has 0 spiro atoms. The standard InChI is InChI=1S/C24H26N2O4/c1-6-29-22-14-18(10-11-21(22)30-17(3)24(28)26(4)5)13-20(15-25)23(27)19-9-7-8-16(2)12-19/h7-14,17H,6H2,1-5H3/b20-13+/t17-/m1/s1. The zero-order valence-electron chi connectivity index (χ0n) is 17.9. The SMILES string of the molecule is CCOc1cc(/C=C(\C#N)C(=O)c2cccc(C)c2)ccc1O[C@H](C)C(=O)N(C)C. The number of ketones is 1. The predicted octanol–water partition coefficient (Wildman–Crippen LogP) is 4.04. The molecule has 0 saturated carbocycles. The highest BCUT2D eigenvalue weighted by Gasteiger charge is 2.19. The summed E-state index contributed by atoms with van der Waals surface area (Å²) in [6.45, 7) is 5.79. The molecule has 156 valence electrons. The van der Waals surface area contributed by atoms with Gasteiger partial charge in [0.1, 0.15) is 11.6 Å². The van der Waals surface area contributed by atoms with Crippen LogP contribution in [-0.2, 0) is 4.79 Å². The fourth-order valence-corrected chi connectivity index (χ4v) is 2.84. The largest absolute Gasteiger partial charge is 0.490 e. The number of carbonyl (C=O) groups is 2. The fourth-order valence-electron chi connectivity index (χ4n) is 2.84. The molecular weight excluding hydrogens is 380 g/mol. The summed E-state index contributed by atoms with van der Waals surface area (Å²) in [7, 11) is 3.32. The van der Waals surface area contributed by atoms with Crippen molar-refractivity contribution in [2.45, 2.75) is 26.9 Å². The minimum absolute atomic E-state index is 0.0212. The van der Waals surface area contributed by atoms with Crippen LogP contribution in [0.25, 0.3) is 6.08 Å². The third-order valence-electron chi connectivity index (χ3n) is 4.32. The maximum Gasteiger partial charge on any atom is 0.262 e. The lowest BCUT2D eigenvalue weighted by molar-refractivity contribution is -0.135. The van der Waals surface area contributed by atoms with Crippen molar-refractivity contribution in [1.29, 1.82) is 5.26 Å². The van der Waals surface area contributed by atoms with Gasteiger partial charge in [-0.05, 0) is 50.6 Å². The van der Waals surface area contributed by atoms with Gasteiger partial charge in [0.15, 0.2) is 17.6 Å². The van der Waals surface area contributed by atoms with Gasteiger partial charge in [0, 0.05) is 19.7 Å². The van der Waals surface area contributed by atoms with E-state index in [2.05, 4.69) is 0 Å². The number of carbonyl (C=O) groups excluding carboxylic acids is 2. The summed E-state index contributed by atoms with van der Waals surface area (Å²) in [5.41, 5.74) is 2.05. The number of benzene rings is 2. The van der Waals surface area contributed by atoms with Gasteiger partial charge in [0.25, 0.3) is 5.91 Å². The Morgan fingerprint density at radius 1 is 1.17 bits per heavy atom. The van der Waals surface area contributed by atoms with Crippen LogP contribution in [0.4, 0.5) is 0 Å². The molecule has 1 atom stereocenters. The highest BCUT2D eigenvalue weighted by atomic mass is 16.5. The van der Waals surface area contributed by atoms with Crippen LogP contribution in [0.5, 0.6) is 11.5 Å². The normalized spacial score (nSPS) is 11.9. The number of rotatable bonds is 8. The van der Waals surface area contributed by atoms with Crippen molar-refractivity contribution in [3.63, 3.8) is 0 Å². The van der Waals surface area contributed by atoms with Gasteiger partial charge in [-0.3, -0.25) is 9.59 Å². The van der Waals surface area contributed by atoms with Crippen LogP contribution < -0.4 is 9.47 Å². The van der Waals surface area contributed by atoms with E-state index in [0.717, 1.165) is 5.56 Å². The van der Waals surface area contributed by atoms with Crippen LogP contribution in [-0.4, -0.2) is 43.4 Å². The molecule has 0 saturated heterocycles. The first-order valence-corrected chi connectivity index (χ1v) is 9.64. The summed E-state index contributed by atoms with van der Waals surface area (Å²) in [5.74, 6) is 0.340. The van der Waals surface area contributed by atoms with Crippen molar-refractivity contribution in [2.24, 2.45) is 0 Å². The van der Waals surface area contributed by atoms with Crippen molar-refractivity contribution in [3.8, 4) is 17.6 Å². The molecule has 0 fully saturated rings. The summed E-state index contributed by atoms with van der Waals surface area (Å²) in [4.78, 5) is 26.2. The van der Waals surface area contributed by atoms with Gasteiger partial charge in [-0.25, -0.2) is 0 Å². The van der Waals surface area contributed by atoms with E-state index in [1.165, 1.54) is 11.0 Å². The molecule has 2 aromatic rings. The predicted molar refractivity (Wildman–Crippen MR) is 115 cm³/mol. The Labute approximate surface area is 177 Å².